The molecule has 2 heterocycles. The molecule has 21 heavy (non-hydrogen) atoms. The van der Waals surface area contributed by atoms with Crippen LogP contribution in [0.3, 0.4) is 0 Å². The van der Waals surface area contributed by atoms with Crippen molar-refractivity contribution in [1.82, 2.24) is 9.88 Å². The van der Waals surface area contributed by atoms with Crippen LogP contribution in [0.2, 0.25) is 0 Å². The predicted molar refractivity (Wildman–Crippen MR) is 80.8 cm³/mol. The molecule has 0 radical (unpaired) electrons. The SMILES string of the molecule is COC(=O)[C@@H]1C[C@H]2CCCC[C@@H]2N1CCc1ccncc1. The first-order chi connectivity index (χ1) is 10.3. The fourth-order valence-corrected chi connectivity index (χ4v) is 4.05. The molecule has 0 amide bonds. The summed E-state index contributed by atoms with van der Waals surface area (Å²) >= 11 is 0. The van der Waals surface area contributed by atoms with Crippen molar-refractivity contribution in [3.63, 3.8) is 0 Å². The highest BCUT2D eigenvalue weighted by molar-refractivity contribution is 5.76. The van der Waals surface area contributed by atoms with Gasteiger partial charge < -0.3 is 4.74 Å². The zero-order valence-corrected chi connectivity index (χ0v) is 12.7. The first-order valence-corrected chi connectivity index (χ1v) is 8.02. The van der Waals surface area contributed by atoms with Gasteiger partial charge in [-0.25, -0.2) is 0 Å². The summed E-state index contributed by atoms with van der Waals surface area (Å²) in [5, 5.41) is 0. The van der Waals surface area contributed by atoms with E-state index in [9.17, 15) is 4.79 Å². The third-order valence-corrected chi connectivity index (χ3v) is 5.10. The fourth-order valence-electron chi connectivity index (χ4n) is 4.05. The second-order valence-electron chi connectivity index (χ2n) is 6.23. The van der Waals surface area contributed by atoms with Gasteiger partial charge in [-0.3, -0.25) is 14.7 Å². The average Bonchev–Trinajstić information content (AvgIpc) is 2.92. The molecule has 1 saturated carbocycles. The zero-order chi connectivity index (χ0) is 14.7. The normalized spacial score (nSPS) is 29.1. The third-order valence-electron chi connectivity index (χ3n) is 5.10. The number of carbonyl (C=O) groups excluding carboxylic acids is 1. The lowest BCUT2D eigenvalue weighted by Crippen LogP contribution is -2.43. The number of aromatic nitrogens is 1. The first-order valence-electron chi connectivity index (χ1n) is 8.02. The Labute approximate surface area is 126 Å². The minimum absolute atomic E-state index is 0.0371. The summed E-state index contributed by atoms with van der Waals surface area (Å²) in [6.45, 7) is 0.935. The zero-order valence-electron chi connectivity index (χ0n) is 12.7. The lowest BCUT2D eigenvalue weighted by atomic mass is 9.84. The molecule has 2 aliphatic rings. The Morgan fingerprint density at radius 1 is 1.33 bits per heavy atom. The van der Waals surface area contributed by atoms with Gasteiger partial charge in [0, 0.05) is 25.0 Å². The maximum Gasteiger partial charge on any atom is 0.323 e. The number of rotatable bonds is 4. The van der Waals surface area contributed by atoms with Gasteiger partial charge in [-0.1, -0.05) is 12.8 Å². The van der Waals surface area contributed by atoms with Gasteiger partial charge in [0.1, 0.15) is 6.04 Å². The largest absolute Gasteiger partial charge is 0.468 e. The van der Waals surface area contributed by atoms with Gasteiger partial charge >= 0.3 is 5.97 Å². The number of hydrogen-bond acceptors (Lipinski definition) is 4. The number of nitrogens with zero attached hydrogens (tertiary/aromatic N) is 2. The molecule has 0 bridgehead atoms. The standard InChI is InChI=1S/C17H24N2O2/c1-21-17(20)16-12-14-4-2-3-5-15(14)19(16)11-8-13-6-9-18-10-7-13/h6-7,9-10,14-16H,2-5,8,11-12H2,1H3/t14-,15+,16+/m1/s1. The van der Waals surface area contributed by atoms with E-state index in [1.807, 2.05) is 12.4 Å². The van der Waals surface area contributed by atoms with Crippen molar-refractivity contribution in [2.24, 2.45) is 5.92 Å². The summed E-state index contributed by atoms with van der Waals surface area (Å²) in [6.07, 6.45) is 10.7. The molecule has 0 unspecified atom stereocenters. The Balaban J connectivity index is 1.70. The smallest absolute Gasteiger partial charge is 0.323 e. The Morgan fingerprint density at radius 3 is 2.86 bits per heavy atom. The van der Waals surface area contributed by atoms with Gasteiger partial charge in [0.2, 0.25) is 0 Å². The highest BCUT2D eigenvalue weighted by Gasteiger charge is 2.45. The van der Waals surface area contributed by atoms with E-state index in [1.54, 1.807) is 0 Å². The van der Waals surface area contributed by atoms with E-state index in [0.29, 0.717) is 12.0 Å². The Bertz CT molecular complexity index is 477. The number of fused-ring (bicyclic) bond motifs is 1. The molecule has 1 aliphatic heterocycles. The quantitative estimate of drug-likeness (QED) is 0.798. The maximum absolute atomic E-state index is 12.1. The number of methoxy groups -OCH3 is 1. The van der Waals surface area contributed by atoms with Crippen LogP contribution < -0.4 is 0 Å². The van der Waals surface area contributed by atoms with Crippen molar-refractivity contribution >= 4 is 5.97 Å². The number of carbonyl (C=O) groups is 1. The van der Waals surface area contributed by atoms with Crippen molar-refractivity contribution in [2.75, 3.05) is 13.7 Å². The number of esters is 1. The maximum atomic E-state index is 12.1. The predicted octanol–water partition coefficient (Wildman–Crippen LogP) is 2.43. The summed E-state index contributed by atoms with van der Waals surface area (Å²) in [7, 11) is 1.51. The number of likely N-dealkylation sites (tertiary alicyclic amines) is 1. The molecule has 1 aromatic rings. The number of hydrogen-bond donors (Lipinski definition) is 0. The van der Waals surface area contributed by atoms with E-state index in [4.69, 9.17) is 4.74 Å². The van der Waals surface area contributed by atoms with Crippen LogP contribution in [0.4, 0.5) is 0 Å². The van der Waals surface area contributed by atoms with E-state index in [2.05, 4.69) is 22.0 Å². The minimum Gasteiger partial charge on any atom is -0.468 e. The Kier molecular flexibility index (Phi) is 4.54. The van der Waals surface area contributed by atoms with Crippen LogP contribution >= 0.6 is 0 Å². The van der Waals surface area contributed by atoms with Crippen molar-refractivity contribution in [1.29, 1.82) is 0 Å². The first kappa shape index (κ1) is 14.5. The topological polar surface area (TPSA) is 42.4 Å². The summed E-state index contributed by atoms with van der Waals surface area (Å²) < 4.78 is 5.03. The summed E-state index contributed by atoms with van der Waals surface area (Å²) in [4.78, 5) is 18.6. The van der Waals surface area contributed by atoms with Gasteiger partial charge in [0.05, 0.1) is 7.11 Å². The molecule has 0 N–H and O–H groups in total. The van der Waals surface area contributed by atoms with E-state index >= 15 is 0 Å². The second kappa shape index (κ2) is 6.56. The van der Waals surface area contributed by atoms with Gasteiger partial charge in [0.15, 0.2) is 0 Å². The highest BCUT2D eigenvalue weighted by Crippen LogP contribution is 2.40. The van der Waals surface area contributed by atoms with E-state index in [-0.39, 0.29) is 12.0 Å². The van der Waals surface area contributed by atoms with Crippen molar-refractivity contribution in [3.8, 4) is 0 Å². The van der Waals surface area contributed by atoms with Crippen LogP contribution in [0.25, 0.3) is 0 Å². The van der Waals surface area contributed by atoms with Crippen LogP contribution in [0.15, 0.2) is 24.5 Å². The molecule has 4 heteroatoms. The van der Waals surface area contributed by atoms with Gasteiger partial charge in [0.25, 0.3) is 0 Å². The lowest BCUT2D eigenvalue weighted by molar-refractivity contribution is -0.146. The number of pyridine rings is 1. The molecular weight excluding hydrogens is 264 g/mol. The van der Waals surface area contributed by atoms with Crippen LogP contribution in [0.5, 0.6) is 0 Å². The summed E-state index contributed by atoms with van der Waals surface area (Å²) in [6, 6.07) is 4.65. The Morgan fingerprint density at radius 2 is 2.10 bits per heavy atom. The molecule has 0 spiro atoms. The molecule has 1 aliphatic carbocycles. The molecule has 3 atom stereocenters. The number of ether oxygens (including phenoxy) is 1. The van der Waals surface area contributed by atoms with E-state index in [1.165, 1.54) is 38.4 Å². The van der Waals surface area contributed by atoms with Crippen molar-refractivity contribution in [2.45, 2.75) is 50.6 Å². The van der Waals surface area contributed by atoms with Crippen LogP contribution in [0, 0.1) is 5.92 Å². The van der Waals surface area contributed by atoms with Crippen molar-refractivity contribution in [3.05, 3.63) is 30.1 Å². The van der Waals surface area contributed by atoms with Gasteiger partial charge in [-0.05, 0) is 49.3 Å². The van der Waals surface area contributed by atoms with Crippen molar-refractivity contribution < 1.29 is 9.53 Å². The van der Waals surface area contributed by atoms with Crippen LogP contribution in [0.1, 0.15) is 37.7 Å². The van der Waals surface area contributed by atoms with E-state index in [0.717, 1.165) is 19.4 Å². The highest BCUT2D eigenvalue weighted by atomic mass is 16.5. The van der Waals surface area contributed by atoms with E-state index < -0.39 is 0 Å². The average molecular weight is 288 g/mol. The molecule has 4 nitrogen and oxygen atoms in total. The summed E-state index contributed by atoms with van der Waals surface area (Å²) in [5.74, 6) is 0.624. The Hall–Kier alpha value is -1.42. The lowest BCUT2D eigenvalue weighted by Gasteiger charge is -2.33. The minimum atomic E-state index is -0.0564. The molecule has 0 aromatic carbocycles. The summed E-state index contributed by atoms with van der Waals surface area (Å²) in [5.41, 5.74) is 1.29. The molecule has 1 aromatic heterocycles. The molecule has 1 saturated heterocycles. The molecular formula is C17H24N2O2. The molecule has 2 fully saturated rings. The fraction of sp³-hybridized carbons (Fsp3) is 0.647. The second-order valence-corrected chi connectivity index (χ2v) is 6.23. The third kappa shape index (κ3) is 3.10. The molecule has 114 valence electrons. The van der Waals surface area contributed by atoms with Crippen LogP contribution in [-0.4, -0.2) is 41.6 Å². The van der Waals surface area contributed by atoms with Crippen LogP contribution in [-0.2, 0) is 16.0 Å². The van der Waals surface area contributed by atoms with Gasteiger partial charge in [-0.2, -0.15) is 0 Å². The van der Waals surface area contributed by atoms with Gasteiger partial charge in [-0.15, -0.1) is 0 Å². The monoisotopic (exact) mass is 288 g/mol. The molecule has 3 rings (SSSR count).